The lowest BCUT2D eigenvalue weighted by Gasteiger charge is -2.33. The number of fused-ring (bicyclic) bond motifs is 1. The molecule has 5 nitrogen and oxygen atoms in total. The van der Waals surface area contributed by atoms with E-state index in [-0.39, 0.29) is 24.0 Å². The van der Waals surface area contributed by atoms with Gasteiger partial charge >= 0.3 is 0 Å². The first kappa shape index (κ1) is 24.3. The Labute approximate surface area is 196 Å². The molecule has 2 amide bonds. The number of amides is 2. The van der Waals surface area contributed by atoms with Crippen LogP contribution in [-0.4, -0.2) is 34.9 Å². The van der Waals surface area contributed by atoms with E-state index in [2.05, 4.69) is 5.32 Å². The molecule has 0 heterocycles. The predicted octanol–water partition coefficient (Wildman–Crippen LogP) is 5.25. The quantitative estimate of drug-likeness (QED) is 0.514. The van der Waals surface area contributed by atoms with E-state index < -0.39 is 6.04 Å². The van der Waals surface area contributed by atoms with Crippen molar-refractivity contribution in [1.82, 2.24) is 10.2 Å². The molecule has 0 bridgehead atoms. The predicted molar refractivity (Wildman–Crippen MR) is 133 cm³/mol. The molecule has 0 aromatic heterocycles. The van der Waals surface area contributed by atoms with E-state index in [0.717, 1.165) is 21.9 Å². The summed E-state index contributed by atoms with van der Waals surface area (Å²) < 4.78 is 5.98. The van der Waals surface area contributed by atoms with Gasteiger partial charge in [0.25, 0.3) is 5.91 Å². The van der Waals surface area contributed by atoms with E-state index in [1.54, 1.807) is 4.90 Å². The number of hydrogen-bond acceptors (Lipinski definition) is 3. The molecule has 3 rings (SSSR count). The standard InChI is InChI=1S/C28H34N2O3/c1-6-24(27(32)29-28(3,4)5)30(18-22-14-8-7-12-20(22)2)26(31)19-33-25-17-11-15-21-13-9-10-16-23(21)25/h7-17,24H,6,18-19H2,1-5H3,(H,29,32). The summed E-state index contributed by atoms with van der Waals surface area (Å²) in [6, 6.07) is 21.0. The summed E-state index contributed by atoms with van der Waals surface area (Å²) in [5.74, 6) is 0.281. The lowest BCUT2D eigenvalue weighted by molar-refractivity contribution is -0.143. The fourth-order valence-corrected chi connectivity index (χ4v) is 3.89. The Bertz CT molecular complexity index is 1110. The van der Waals surface area contributed by atoms with Crippen LogP contribution < -0.4 is 10.1 Å². The van der Waals surface area contributed by atoms with Crippen molar-refractivity contribution in [3.63, 3.8) is 0 Å². The molecule has 1 N–H and O–H groups in total. The minimum atomic E-state index is -0.590. The molecule has 0 fully saturated rings. The second-order valence-electron chi connectivity index (χ2n) is 9.38. The van der Waals surface area contributed by atoms with Gasteiger partial charge in [-0.05, 0) is 56.7 Å². The van der Waals surface area contributed by atoms with Gasteiger partial charge in [0.05, 0.1) is 0 Å². The van der Waals surface area contributed by atoms with Crippen LogP contribution in [0.4, 0.5) is 0 Å². The Balaban J connectivity index is 1.86. The van der Waals surface area contributed by atoms with Gasteiger partial charge in [-0.25, -0.2) is 0 Å². The molecule has 0 aliphatic rings. The Morgan fingerprint density at radius 2 is 1.64 bits per heavy atom. The molecule has 1 unspecified atom stereocenters. The maximum Gasteiger partial charge on any atom is 0.261 e. The van der Waals surface area contributed by atoms with E-state index in [1.165, 1.54) is 0 Å². The van der Waals surface area contributed by atoms with E-state index in [1.807, 2.05) is 101 Å². The largest absolute Gasteiger partial charge is 0.483 e. The van der Waals surface area contributed by atoms with Crippen LogP contribution in [0.15, 0.2) is 66.7 Å². The van der Waals surface area contributed by atoms with Crippen molar-refractivity contribution in [2.24, 2.45) is 0 Å². The highest BCUT2D eigenvalue weighted by molar-refractivity contribution is 5.90. The first-order valence-electron chi connectivity index (χ1n) is 11.5. The third-order valence-electron chi connectivity index (χ3n) is 5.59. The number of ether oxygens (including phenoxy) is 1. The Hall–Kier alpha value is -3.34. The highest BCUT2D eigenvalue weighted by Crippen LogP contribution is 2.25. The highest BCUT2D eigenvalue weighted by Gasteiger charge is 2.31. The lowest BCUT2D eigenvalue weighted by atomic mass is 10.0. The molecule has 174 valence electrons. The number of rotatable bonds is 8. The maximum absolute atomic E-state index is 13.5. The van der Waals surface area contributed by atoms with Gasteiger partial charge in [0, 0.05) is 17.5 Å². The second-order valence-corrected chi connectivity index (χ2v) is 9.38. The molecule has 3 aromatic carbocycles. The number of nitrogens with one attached hydrogen (secondary N) is 1. The van der Waals surface area contributed by atoms with Crippen LogP contribution in [0.25, 0.3) is 10.8 Å². The monoisotopic (exact) mass is 446 g/mol. The van der Waals surface area contributed by atoms with Crippen LogP contribution in [0.2, 0.25) is 0 Å². The molecule has 1 atom stereocenters. The van der Waals surface area contributed by atoms with Crippen LogP contribution in [0, 0.1) is 6.92 Å². The van der Waals surface area contributed by atoms with Crippen LogP contribution in [-0.2, 0) is 16.1 Å². The normalized spacial score (nSPS) is 12.3. The van der Waals surface area contributed by atoms with E-state index in [0.29, 0.717) is 18.7 Å². The van der Waals surface area contributed by atoms with Gasteiger partial charge < -0.3 is 15.0 Å². The number of carbonyl (C=O) groups excluding carboxylic acids is 2. The van der Waals surface area contributed by atoms with Crippen molar-refractivity contribution in [2.45, 2.75) is 59.2 Å². The molecule has 0 saturated carbocycles. The first-order valence-corrected chi connectivity index (χ1v) is 11.5. The van der Waals surface area contributed by atoms with Gasteiger partial charge in [0.15, 0.2) is 6.61 Å². The second kappa shape index (κ2) is 10.5. The fourth-order valence-electron chi connectivity index (χ4n) is 3.89. The van der Waals surface area contributed by atoms with Crippen LogP contribution in [0.3, 0.4) is 0 Å². The van der Waals surface area contributed by atoms with Gasteiger partial charge in [-0.15, -0.1) is 0 Å². The van der Waals surface area contributed by atoms with Gasteiger partial charge in [0.2, 0.25) is 5.91 Å². The topological polar surface area (TPSA) is 58.6 Å². The molecule has 0 radical (unpaired) electrons. The van der Waals surface area contributed by atoms with Crippen molar-refractivity contribution in [1.29, 1.82) is 0 Å². The van der Waals surface area contributed by atoms with Crippen molar-refractivity contribution in [2.75, 3.05) is 6.61 Å². The number of carbonyl (C=O) groups is 2. The minimum Gasteiger partial charge on any atom is -0.483 e. The molecular formula is C28H34N2O3. The molecule has 3 aromatic rings. The average Bonchev–Trinajstić information content (AvgIpc) is 2.77. The molecular weight excluding hydrogens is 412 g/mol. The zero-order chi connectivity index (χ0) is 24.0. The molecule has 33 heavy (non-hydrogen) atoms. The highest BCUT2D eigenvalue weighted by atomic mass is 16.5. The Morgan fingerprint density at radius 1 is 0.970 bits per heavy atom. The third-order valence-corrected chi connectivity index (χ3v) is 5.59. The summed E-state index contributed by atoms with van der Waals surface area (Å²) in [5.41, 5.74) is 1.70. The van der Waals surface area contributed by atoms with E-state index in [9.17, 15) is 9.59 Å². The Morgan fingerprint density at radius 3 is 2.33 bits per heavy atom. The zero-order valence-corrected chi connectivity index (χ0v) is 20.2. The third kappa shape index (κ3) is 6.35. The molecule has 0 aliphatic heterocycles. The van der Waals surface area contributed by atoms with Crippen LogP contribution >= 0.6 is 0 Å². The smallest absolute Gasteiger partial charge is 0.261 e. The summed E-state index contributed by atoms with van der Waals surface area (Å²) in [4.78, 5) is 28.2. The van der Waals surface area contributed by atoms with Crippen LogP contribution in [0.1, 0.15) is 45.2 Å². The van der Waals surface area contributed by atoms with Crippen molar-refractivity contribution in [3.8, 4) is 5.75 Å². The van der Waals surface area contributed by atoms with E-state index >= 15 is 0 Å². The van der Waals surface area contributed by atoms with Crippen LogP contribution in [0.5, 0.6) is 5.75 Å². The number of benzene rings is 3. The van der Waals surface area contributed by atoms with E-state index in [4.69, 9.17) is 4.74 Å². The zero-order valence-electron chi connectivity index (χ0n) is 20.2. The average molecular weight is 447 g/mol. The number of nitrogens with zero attached hydrogens (tertiary/aromatic N) is 1. The Kier molecular flexibility index (Phi) is 7.75. The minimum absolute atomic E-state index is 0.140. The molecule has 0 spiro atoms. The van der Waals surface area contributed by atoms with Gasteiger partial charge in [-0.3, -0.25) is 9.59 Å². The molecule has 0 aliphatic carbocycles. The maximum atomic E-state index is 13.5. The summed E-state index contributed by atoms with van der Waals surface area (Å²) in [5, 5.41) is 5.04. The molecule has 5 heteroatoms. The molecule has 0 saturated heterocycles. The summed E-state index contributed by atoms with van der Waals surface area (Å²) >= 11 is 0. The van der Waals surface area contributed by atoms with Crippen molar-refractivity contribution < 1.29 is 14.3 Å². The first-order chi connectivity index (χ1) is 15.7. The van der Waals surface area contributed by atoms with Gasteiger partial charge in [0.1, 0.15) is 11.8 Å². The summed E-state index contributed by atoms with van der Waals surface area (Å²) in [6.45, 7) is 9.97. The summed E-state index contributed by atoms with van der Waals surface area (Å²) in [6.07, 6.45) is 0.508. The SMILES string of the molecule is CCC(C(=O)NC(C)(C)C)N(Cc1ccccc1C)C(=O)COc1cccc2ccccc12. The van der Waals surface area contributed by atoms with Crippen molar-refractivity contribution >= 4 is 22.6 Å². The van der Waals surface area contributed by atoms with Crippen molar-refractivity contribution in [3.05, 3.63) is 77.9 Å². The fraction of sp³-hybridized carbons (Fsp3) is 0.357. The lowest BCUT2D eigenvalue weighted by Crippen LogP contribution is -2.54. The number of aryl methyl sites for hydroxylation is 1. The van der Waals surface area contributed by atoms with Gasteiger partial charge in [-0.2, -0.15) is 0 Å². The number of hydrogen-bond donors (Lipinski definition) is 1. The summed E-state index contributed by atoms with van der Waals surface area (Å²) in [7, 11) is 0. The van der Waals surface area contributed by atoms with Gasteiger partial charge in [-0.1, -0.05) is 67.6 Å².